The first-order valence-corrected chi connectivity index (χ1v) is 9.44. The average Bonchev–Trinajstić information content (AvgIpc) is 2.51. The van der Waals surface area contributed by atoms with Gasteiger partial charge in [0.15, 0.2) is 6.10 Å². The van der Waals surface area contributed by atoms with Gasteiger partial charge in [0.25, 0.3) is 15.9 Å². The number of ether oxygens (including phenoxy) is 1. The van der Waals surface area contributed by atoms with E-state index in [4.69, 9.17) is 4.74 Å². The van der Waals surface area contributed by atoms with E-state index in [1.165, 1.54) is 18.2 Å². The standard InChI is InChI=1S/C16H15BrN2O4S/c1-9-7-11(17)3-5-13(9)19-24(21,22)12-4-6-15-14(8-12)18-16(20)10(2)23-15/h3-8,10,19H,1-2H3,(H,18,20). The number of benzene rings is 2. The summed E-state index contributed by atoms with van der Waals surface area (Å²) in [6, 6.07) is 9.62. The molecule has 0 bridgehead atoms. The summed E-state index contributed by atoms with van der Waals surface area (Å²) in [5.74, 6) is 0.134. The van der Waals surface area contributed by atoms with Crippen molar-refractivity contribution in [2.24, 2.45) is 0 Å². The third kappa shape index (κ3) is 3.25. The molecule has 1 atom stereocenters. The summed E-state index contributed by atoms with van der Waals surface area (Å²) < 4.78 is 34.0. The number of hydrogen-bond acceptors (Lipinski definition) is 4. The zero-order valence-electron chi connectivity index (χ0n) is 13.0. The monoisotopic (exact) mass is 410 g/mol. The molecule has 2 aromatic rings. The maximum Gasteiger partial charge on any atom is 0.265 e. The molecular weight excluding hydrogens is 396 g/mol. The highest BCUT2D eigenvalue weighted by Crippen LogP contribution is 2.32. The minimum Gasteiger partial charge on any atom is -0.479 e. The van der Waals surface area contributed by atoms with Crippen LogP contribution in [0.5, 0.6) is 5.75 Å². The Morgan fingerprint density at radius 2 is 1.96 bits per heavy atom. The molecule has 0 aromatic heterocycles. The van der Waals surface area contributed by atoms with Crippen molar-refractivity contribution in [3.63, 3.8) is 0 Å². The highest BCUT2D eigenvalue weighted by Gasteiger charge is 2.25. The van der Waals surface area contributed by atoms with E-state index >= 15 is 0 Å². The molecule has 1 aliphatic rings. The fourth-order valence-corrected chi connectivity index (χ4v) is 3.93. The summed E-state index contributed by atoms with van der Waals surface area (Å²) in [6.45, 7) is 3.44. The number of aryl methyl sites for hydroxylation is 1. The van der Waals surface area contributed by atoms with Gasteiger partial charge in [0, 0.05) is 4.47 Å². The van der Waals surface area contributed by atoms with Crippen molar-refractivity contribution in [3.05, 3.63) is 46.4 Å². The van der Waals surface area contributed by atoms with Gasteiger partial charge in [-0.05, 0) is 55.8 Å². The number of nitrogens with one attached hydrogen (secondary N) is 2. The quantitative estimate of drug-likeness (QED) is 0.812. The van der Waals surface area contributed by atoms with Crippen LogP contribution in [0, 0.1) is 6.92 Å². The summed E-state index contributed by atoms with van der Waals surface area (Å²) in [6.07, 6.45) is -0.608. The largest absolute Gasteiger partial charge is 0.479 e. The molecule has 1 unspecified atom stereocenters. The van der Waals surface area contributed by atoms with Gasteiger partial charge in [-0.3, -0.25) is 9.52 Å². The Morgan fingerprint density at radius 3 is 2.67 bits per heavy atom. The van der Waals surface area contributed by atoms with Gasteiger partial charge in [0.1, 0.15) is 5.75 Å². The highest BCUT2D eigenvalue weighted by molar-refractivity contribution is 9.10. The van der Waals surface area contributed by atoms with Crippen molar-refractivity contribution in [2.45, 2.75) is 24.8 Å². The maximum atomic E-state index is 12.6. The van der Waals surface area contributed by atoms with Gasteiger partial charge in [0.2, 0.25) is 0 Å². The zero-order chi connectivity index (χ0) is 17.5. The number of halogens is 1. The van der Waals surface area contributed by atoms with E-state index in [1.54, 1.807) is 19.1 Å². The SMILES string of the molecule is Cc1cc(Br)ccc1NS(=O)(=O)c1ccc2c(c1)NC(=O)C(C)O2. The lowest BCUT2D eigenvalue weighted by Gasteiger charge is -2.23. The van der Waals surface area contributed by atoms with Gasteiger partial charge in [-0.1, -0.05) is 15.9 Å². The van der Waals surface area contributed by atoms with Crippen molar-refractivity contribution in [1.82, 2.24) is 0 Å². The molecular formula is C16H15BrN2O4S. The second kappa shape index (κ2) is 6.10. The molecule has 2 N–H and O–H groups in total. The molecule has 2 aromatic carbocycles. The number of carbonyl (C=O) groups is 1. The van der Waals surface area contributed by atoms with Gasteiger partial charge in [0.05, 0.1) is 16.3 Å². The minimum atomic E-state index is -3.79. The van der Waals surface area contributed by atoms with Crippen LogP contribution in [0.2, 0.25) is 0 Å². The molecule has 0 radical (unpaired) electrons. The van der Waals surface area contributed by atoms with Crippen LogP contribution in [0.25, 0.3) is 0 Å². The summed E-state index contributed by atoms with van der Waals surface area (Å²) >= 11 is 3.34. The third-order valence-electron chi connectivity index (χ3n) is 3.62. The van der Waals surface area contributed by atoms with Gasteiger partial charge in [-0.25, -0.2) is 8.42 Å². The number of hydrogen-bond donors (Lipinski definition) is 2. The van der Waals surface area contributed by atoms with Crippen molar-refractivity contribution < 1.29 is 17.9 Å². The third-order valence-corrected chi connectivity index (χ3v) is 5.48. The Morgan fingerprint density at radius 1 is 1.21 bits per heavy atom. The van der Waals surface area contributed by atoms with Crippen molar-refractivity contribution in [3.8, 4) is 5.75 Å². The van der Waals surface area contributed by atoms with E-state index < -0.39 is 16.1 Å². The molecule has 0 spiro atoms. The number of anilines is 2. The molecule has 24 heavy (non-hydrogen) atoms. The fourth-order valence-electron chi connectivity index (χ4n) is 2.30. The molecule has 6 nitrogen and oxygen atoms in total. The van der Waals surface area contributed by atoms with E-state index in [1.807, 2.05) is 13.0 Å². The summed E-state index contributed by atoms with van der Waals surface area (Å²) in [7, 11) is -3.79. The van der Waals surface area contributed by atoms with Gasteiger partial charge in [-0.15, -0.1) is 0 Å². The molecule has 0 aliphatic carbocycles. The van der Waals surface area contributed by atoms with E-state index in [2.05, 4.69) is 26.0 Å². The summed E-state index contributed by atoms with van der Waals surface area (Å²) in [5, 5.41) is 2.64. The van der Waals surface area contributed by atoms with Crippen LogP contribution in [0.4, 0.5) is 11.4 Å². The van der Waals surface area contributed by atoms with E-state index in [0.717, 1.165) is 10.0 Å². The van der Waals surface area contributed by atoms with Crippen LogP contribution < -0.4 is 14.8 Å². The Labute approximate surface area is 148 Å². The maximum absolute atomic E-state index is 12.6. The van der Waals surface area contributed by atoms with E-state index in [-0.39, 0.29) is 10.8 Å². The van der Waals surface area contributed by atoms with E-state index in [0.29, 0.717) is 17.1 Å². The minimum absolute atomic E-state index is 0.0435. The summed E-state index contributed by atoms with van der Waals surface area (Å²) in [4.78, 5) is 11.7. The Balaban J connectivity index is 1.93. The molecule has 8 heteroatoms. The highest BCUT2D eigenvalue weighted by atomic mass is 79.9. The normalized spacial score (nSPS) is 16.8. The molecule has 126 valence electrons. The van der Waals surface area contributed by atoms with Crippen LogP contribution in [-0.2, 0) is 14.8 Å². The Hall–Kier alpha value is -2.06. The molecule has 3 rings (SSSR count). The van der Waals surface area contributed by atoms with Gasteiger partial charge >= 0.3 is 0 Å². The van der Waals surface area contributed by atoms with Gasteiger partial charge in [-0.2, -0.15) is 0 Å². The second-order valence-corrected chi connectivity index (χ2v) is 8.07. The molecule has 0 saturated heterocycles. The first-order valence-electron chi connectivity index (χ1n) is 7.17. The Kier molecular flexibility index (Phi) is 4.27. The van der Waals surface area contributed by atoms with Crippen LogP contribution >= 0.6 is 15.9 Å². The van der Waals surface area contributed by atoms with Crippen LogP contribution in [-0.4, -0.2) is 20.4 Å². The second-order valence-electron chi connectivity index (χ2n) is 5.47. The molecule has 0 saturated carbocycles. The lowest BCUT2D eigenvalue weighted by atomic mass is 10.2. The first kappa shape index (κ1) is 16.8. The zero-order valence-corrected chi connectivity index (χ0v) is 15.4. The molecule has 1 heterocycles. The van der Waals surface area contributed by atoms with E-state index in [9.17, 15) is 13.2 Å². The first-order chi connectivity index (χ1) is 11.3. The van der Waals surface area contributed by atoms with Crippen molar-refractivity contribution in [2.75, 3.05) is 10.0 Å². The predicted octanol–water partition coefficient (Wildman–Crippen LogP) is 3.28. The molecule has 1 amide bonds. The molecule has 0 fully saturated rings. The number of amides is 1. The number of rotatable bonds is 3. The molecule has 1 aliphatic heterocycles. The summed E-state index contributed by atoms with van der Waals surface area (Å²) in [5.41, 5.74) is 1.62. The number of carbonyl (C=O) groups excluding carboxylic acids is 1. The fraction of sp³-hybridized carbons (Fsp3) is 0.188. The smallest absolute Gasteiger partial charge is 0.265 e. The topological polar surface area (TPSA) is 84.5 Å². The lowest BCUT2D eigenvalue weighted by Crippen LogP contribution is -2.34. The average molecular weight is 411 g/mol. The lowest BCUT2D eigenvalue weighted by molar-refractivity contribution is -0.122. The van der Waals surface area contributed by atoms with Crippen LogP contribution in [0.3, 0.4) is 0 Å². The van der Waals surface area contributed by atoms with Gasteiger partial charge < -0.3 is 10.1 Å². The van der Waals surface area contributed by atoms with Crippen LogP contribution in [0.1, 0.15) is 12.5 Å². The predicted molar refractivity (Wildman–Crippen MR) is 94.8 cm³/mol. The Bertz CT molecular complexity index is 928. The van der Waals surface area contributed by atoms with Crippen molar-refractivity contribution >= 4 is 43.2 Å². The van der Waals surface area contributed by atoms with Crippen molar-refractivity contribution in [1.29, 1.82) is 0 Å². The number of fused-ring (bicyclic) bond motifs is 1. The van der Waals surface area contributed by atoms with Crippen LogP contribution in [0.15, 0.2) is 45.8 Å². The number of sulfonamides is 1.